The number of carbonyl (C=O) groups excluding carboxylic acids is 2. The molecule has 1 aliphatic carbocycles. The van der Waals surface area contributed by atoms with Gasteiger partial charge in [-0.3, -0.25) is 9.59 Å². The number of amides is 2. The van der Waals surface area contributed by atoms with Crippen LogP contribution in [-0.4, -0.2) is 66.5 Å². The van der Waals surface area contributed by atoms with Crippen LogP contribution < -0.4 is 25.2 Å². The summed E-state index contributed by atoms with van der Waals surface area (Å²) in [5, 5.41) is 5.99. The van der Waals surface area contributed by atoms with Crippen LogP contribution in [0.4, 0.5) is 41.9 Å². The van der Waals surface area contributed by atoms with E-state index in [1.807, 2.05) is 19.1 Å². The van der Waals surface area contributed by atoms with Crippen molar-refractivity contribution in [3.05, 3.63) is 94.8 Å². The Kier molecular flexibility index (Phi) is 8.63. The molecule has 0 radical (unpaired) electrons. The molecule has 0 unspecified atom stereocenters. The predicted octanol–water partition coefficient (Wildman–Crippen LogP) is 6.53. The van der Waals surface area contributed by atoms with Gasteiger partial charge in [0.1, 0.15) is 5.75 Å². The third kappa shape index (κ3) is 6.33. The van der Waals surface area contributed by atoms with Crippen molar-refractivity contribution in [1.82, 2.24) is 14.9 Å². The Morgan fingerprint density at radius 1 is 1.02 bits per heavy atom. The van der Waals surface area contributed by atoms with E-state index in [9.17, 15) is 22.8 Å². The number of hydrogen-bond donors (Lipinski definition) is 2. The number of aromatic nitrogens is 2. The molecule has 2 fully saturated rings. The molecular weight excluding hydrogens is 647 g/mol. The minimum Gasteiger partial charge on any atom is -0.494 e. The first-order valence-electron chi connectivity index (χ1n) is 16.7. The zero-order valence-corrected chi connectivity index (χ0v) is 28.1. The molecule has 0 bridgehead atoms. The molecule has 260 valence electrons. The van der Waals surface area contributed by atoms with Crippen molar-refractivity contribution in [3.8, 4) is 5.75 Å². The van der Waals surface area contributed by atoms with Crippen LogP contribution in [0.1, 0.15) is 52.5 Å². The van der Waals surface area contributed by atoms with Gasteiger partial charge in [0.05, 0.1) is 36.0 Å². The number of ether oxygens (including phenoxy) is 1. The number of nitrogens with one attached hydrogen (secondary N) is 2. The number of benzene rings is 3. The predicted molar refractivity (Wildman–Crippen MR) is 185 cm³/mol. The third-order valence-electron chi connectivity index (χ3n) is 9.88. The Hall–Kier alpha value is -5.17. The lowest BCUT2D eigenvalue weighted by atomic mass is 9.91. The van der Waals surface area contributed by atoms with Gasteiger partial charge in [-0.1, -0.05) is 19.1 Å². The molecule has 3 aliphatic rings. The van der Waals surface area contributed by atoms with E-state index in [-0.39, 0.29) is 18.0 Å². The fourth-order valence-corrected chi connectivity index (χ4v) is 6.81. The molecule has 1 spiro atoms. The van der Waals surface area contributed by atoms with Gasteiger partial charge >= 0.3 is 6.18 Å². The molecule has 0 atom stereocenters. The second-order valence-corrected chi connectivity index (χ2v) is 13.0. The molecule has 2 N–H and O–H groups in total. The second-order valence-electron chi connectivity index (χ2n) is 13.0. The summed E-state index contributed by atoms with van der Waals surface area (Å²) in [4.78, 5) is 43.0. The van der Waals surface area contributed by atoms with Crippen LogP contribution >= 0.6 is 0 Å². The maximum atomic E-state index is 14.1. The van der Waals surface area contributed by atoms with Crippen LogP contribution in [0, 0.1) is 6.92 Å². The van der Waals surface area contributed by atoms with Gasteiger partial charge in [0.25, 0.3) is 5.91 Å². The highest BCUT2D eigenvalue weighted by Crippen LogP contribution is 2.53. The van der Waals surface area contributed by atoms with Gasteiger partial charge in [0, 0.05) is 66.6 Å². The summed E-state index contributed by atoms with van der Waals surface area (Å²) in [5.41, 5.74) is 3.27. The van der Waals surface area contributed by atoms with E-state index >= 15 is 0 Å². The Balaban J connectivity index is 1.10. The van der Waals surface area contributed by atoms with Crippen molar-refractivity contribution in [2.45, 2.75) is 44.8 Å². The number of methoxy groups -OCH3 is 1. The minimum absolute atomic E-state index is 0.0933. The highest BCUT2D eigenvalue weighted by atomic mass is 19.4. The maximum Gasteiger partial charge on any atom is 0.416 e. The number of fused-ring (bicyclic) bond motifs is 2. The van der Waals surface area contributed by atoms with E-state index in [1.54, 1.807) is 36.4 Å². The van der Waals surface area contributed by atoms with Crippen molar-refractivity contribution < 1.29 is 27.5 Å². The molecule has 2 aliphatic heterocycles. The maximum absolute atomic E-state index is 14.1. The fourth-order valence-electron chi connectivity index (χ4n) is 6.81. The number of anilines is 5. The molecule has 10 nitrogen and oxygen atoms in total. The first-order chi connectivity index (χ1) is 24.0. The number of nitrogens with zero attached hydrogens (tertiary/aromatic N) is 5. The molecule has 1 aromatic heterocycles. The SMILES string of the molecule is CCN1CCN(c2ccc(Nc3ncc4c(n3)C3(CC3)C(=O)N(c3cc(NC(=O)c5cccc(C(F)(F)F)c5)ccc3C)C4)c(OC)c2)CC1. The Morgan fingerprint density at radius 3 is 2.50 bits per heavy atom. The Morgan fingerprint density at radius 2 is 1.80 bits per heavy atom. The first-order valence-corrected chi connectivity index (χ1v) is 16.7. The van der Waals surface area contributed by atoms with E-state index in [0.717, 1.165) is 67.4 Å². The molecule has 4 aromatic rings. The monoisotopic (exact) mass is 685 g/mol. The van der Waals surface area contributed by atoms with Crippen molar-refractivity contribution in [2.75, 3.05) is 60.3 Å². The van der Waals surface area contributed by atoms with Gasteiger partial charge in [0.2, 0.25) is 11.9 Å². The van der Waals surface area contributed by atoms with Crippen molar-refractivity contribution in [1.29, 1.82) is 0 Å². The number of piperazine rings is 1. The highest BCUT2D eigenvalue weighted by molar-refractivity contribution is 6.07. The van der Waals surface area contributed by atoms with Gasteiger partial charge < -0.3 is 30.1 Å². The normalized spacial score (nSPS) is 17.0. The number of carbonyl (C=O) groups is 2. The molecular formula is C37H38F3N7O3. The number of halogens is 3. The largest absolute Gasteiger partial charge is 0.494 e. The Bertz CT molecular complexity index is 1960. The standard InChI is InChI=1S/C37H38F3N7O3/c1-4-45-14-16-46(17-15-45)28-10-11-29(31(20-28)50-3)43-35-41-21-25-22-47(34(49)36(12-13-36)32(25)44-35)30-19-27(9-8-23(30)2)42-33(48)24-6-5-7-26(18-24)37(38,39)40/h5-11,18-21H,4,12-17,22H2,1-3H3,(H,42,48)(H,41,43,44). The number of aryl methyl sites for hydroxylation is 1. The smallest absolute Gasteiger partial charge is 0.416 e. The number of likely N-dealkylation sites (N-methyl/N-ethyl adjacent to an activating group) is 1. The summed E-state index contributed by atoms with van der Waals surface area (Å²) in [5.74, 6) is 0.258. The minimum atomic E-state index is -4.57. The topological polar surface area (TPSA) is 103 Å². The average molecular weight is 686 g/mol. The van der Waals surface area contributed by atoms with Gasteiger partial charge in [0.15, 0.2) is 0 Å². The van der Waals surface area contributed by atoms with Crippen LogP contribution in [0.15, 0.2) is 66.9 Å². The van der Waals surface area contributed by atoms with E-state index in [4.69, 9.17) is 9.72 Å². The third-order valence-corrected chi connectivity index (χ3v) is 9.88. The summed E-state index contributed by atoms with van der Waals surface area (Å²) < 4.78 is 45.4. The lowest BCUT2D eigenvalue weighted by Gasteiger charge is -2.35. The average Bonchev–Trinajstić information content (AvgIpc) is 3.93. The van der Waals surface area contributed by atoms with Crippen LogP contribution in [-0.2, 0) is 22.9 Å². The van der Waals surface area contributed by atoms with E-state index < -0.39 is 23.1 Å². The van der Waals surface area contributed by atoms with Crippen LogP contribution in [0.2, 0.25) is 0 Å². The molecule has 1 saturated carbocycles. The van der Waals surface area contributed by atoms with Crippen molar-refractivity contribution in [3.63, 3.8) is 0 Å². The quantitative estimate of drug-likeness (QED) is 0.216. The molecule has 1 saturated heterocycles. The van der Waals surface area contributed by atoms with Crippen LogP contribution in [0.25, 0.3) is 0 Å². The molecule has 3 aromatic carbocycles. The zero-order chi connectivity index (χ0) is 35.2. The number of alkyl halides is 3. The lowest BCUT2D eigenvalue weighted by molar-refractivity contribution is -0.137. The van der Waals surface area contributed by atoms with Crippen molar-refractivity contribution in [2.24, 2.45) is 0 Å². The molecule has 7 rings (SSSR count). The summed E-state index contributed by atoms with van der Waals surface area (Å²) >= 11 is 0. The van der Waals surface area contributed by atoms with E-state index in [1.165, 1.54) is 12.1 Å². The van der Waals surface area contributed by atoms with Gasteiger partial charge in [-0.05, 0) is 74.3 Å². The fraction of sp³-hybridized carbons (Fsp3) is 0.351. The number of rotatable bonds is 8. The highest BCUT2D eigenvalue weighted by Gasteiger charge is 2.58. The summed E-state index contributed by atoms with van der Waals surface area (Å²) in [6.07, 6.45) is -1.55. The molecule has 3 heterocycles. The van der Waals surface area contributed by atoms with Gasteiger partial charge in [-0.2, -0.15) is 13.2 Å². The first kappa shape index (κ1) is 33.3. The van der Waals surface area contributed by atoms with Crippen molar-refractivity contribution >= 4 is 40.5 Å². The molecule has 2 amide bonds. The lowest BCUT2D eigenvalue weighted by Crippen LogP contribution is -2.46. The van der Waals surface area contributed by atoms with E-state index in [2.05, 4.69) is 38.4 Å². The Labute approximate surface area is 288 Å². The van der Waals surface area contributed by atoms with Gasteiger partial charge in [-0.15, -0.1) is 0 Å². The summed E-state index contributed by atoms with van der Waals surface area (Å²) in [6, 6.07) is 15.4. The summed E-state index contributed by atoms with van der Waals surface area (Å²) in [7, 11) is 1.63. The second kappa shape index (κ2) is 12.9. The molecule has 50 heavy (non-hydrogen) atoms. The van der Waals surface area contributed by atoms with Gasteiger partial charge in [-0.25, -0.2) is 9.97 Å². The summed E-state index contributed by atoms with van der Waals surface area (Å²) in [6.45, 7) is 9.25. The zero-order valence-electron chi connectivity index (χ0n) is 28.1. The van der Waals surface area contributed by atoms with E-state index in [0.29, 0.717) is 41.6 Å². The molecule has 13 heteroatoms. The number of hydrogen-bond acceptors (Lipinski definition) is 8. The van der Waals surface area contributed by atoms with Crippen LogP contribution in [0.3, 0.4) is 0 Å². The van der Waals surface area contributed by atoms with Crippen LogP contribution in [0.5, 0.6) is 5.75 Å².